The van der Waals surface area contributed by atoms with Gasteiger partial charge in [0.15, 0.2) is 0 Å². The minimum absolute atomic E-state index is 0.0220. The van der Waals surface area contributed by atoms with Gasteiger partial charge in [-0.2, -0.15) is 0 Å². The van der Waals surface area contributed by atoms with E-state index in [0.29, 0.717) is 6.54 Å². The maximum atomic E-state index is 11.6. The molecule has 6 nitrogen and oxygen atoms in total. The summed E-state index contributed by atoms with van der Waals surface area (Å²) < 4.78 is 4.56. The minimum Gasteiger partial charge on any atom is -0.460 e. The average molecular weight is 241 g/mol. The topological polar surface area (TPSA) is 80.8 Å². The van der Waals surface area contributed by atoms with Gasteiger partial charge in [-0.05, 0) is 6.92 Å². The zero-order valence-corrected chi connectivity index (χ0v) is 9.89. The molecule has 17 heavy (non-hydrogen) atoms. The van der Waals surface area contributed by atoms with Crippen LogP contribution in [0.1, 0.15) is 20.3 Å². The number of hydrogen-bond donors (Lipinski definition) is 0. The fraction of sp³-hybridized carbons (Fsp3) is 0.636. The van der Waals surface area contributed by atoms with Crippen molar-refractivity contribution in [2.24, 2.45) is 5.92 Å². The first kappa shape index (κ1) is 13.3. The molecule has 0 bridgehead atoms. The standard InChI is InChI=1S/C11H15NO5/c1-3-17-11(16)10(15)8-6-12(7(2)13)5-4-9(8)14/h8H,3-6H2,1-2H3. The summed E-state index contributed by atoms with van der Waals surface area (Å²) in [5.74, 6) is -3.44. The van der Waals surface area contributed by atoms with Crippen molar-refractivity contribution >= 4 is 23.4 Å². The number of carbonyl (C=O) groups excluding carboxylic acids is 4. The number of carbonyl (C=O) groups is 4. The quantitative estimate of drug-likeness (QED) is 0.380. The summed E-state index contributed by atoms with van der Waals surface area (Å²) in [5, 5.41) is 0. The van der Waals surface area contributed by atoms with Crippen molar-refractivity contribution in [1.82, 2.24) is 4.90 Å². The lowest BCUT2D eigenvalue weighted by atomic mass is 9.92. The zero-order chi connectivity index (χ0) is 13.0. The Morgan fingerprint density at radius 2 is 2.06 bits per heavy atom. The number of ether oxygens (including phenoxy) is 1. The number of esters is 1. The number of amides is 1. The summed E-state index contributed by atoms with van der Waals surface area (Å²) >= 11 is 0. The Morgan fingerprint density at radius 3 is 2.59 bits per heavy atom. The van der Waals surface area contributed by atoms with Gasteiger partial charge in [-0.1, -0.05) is 0 Å². The van der Waals surface area contributed by atoms with Crippen LogP contribution < -0.4 is 0 Å². The maximum Gasteiger partial charge on any atom is 0.375 e. The lowest BCUT2D eigenvalue weighted by Crippen LogP contribution is -2.48. The largest absolute Gasteiger partial charge is 0.460 e. The molecule has 0 saturated carbocycles. The summed E-state index contributed by atoms with van der Waals surface area (Å²) in [7, 11) is 0. The van der Waals surface area contributed by atoms with E-state index in [0.717, 1.165) is 0 Å². The molecule has 0 spiro atoms. The van der Waals surface area contributed by atoms with Crippen LogP contribution >= 0.6 is 0 Å². The summed E-state index contributed by atoms with van der Waals surface area (Å²) in [6, 6.07) is 0. The van der Waals surface area contributed by atoms with Crippen LogP contribution in [-0.2, 0) is 23.9 Å². The Balaban J connectivity index is 2.73. The molecule has 1 atom stereocenters. The van der Waals surface area contributed by atoms with Crippen molar-refractivity contribution in [1.29, 1.82) is 0 Å². The highest BCUT2D eigenvalue weighted by atomic mass is 16.5. The van der Waals surface area contributed by atoms with Crippen LogP contribution in [0.15, 0.2) is 0 Å². The molecule has 0 aromatic heterocycles. The van der Waals surface area contributed by atoms with Crippen LogP contribution in [0.25, 0.3) is 0 Å². The number of likely N-dealkylation sites (tertiary alicyclic amines) is 1. The molecule has 0 aromatic rings. The molecule has 1 amide bonds. The molecule has 1 unspecified atom stereocenters. The minimum atomic E-state index is -1.06. The molecule has 1 aliphatic heterocycles. The molecule has 0 aromatic carbocycles. The number of ketones is 2. The first-order valence-corrected chi connectivity index (χ1v) is 5.46. The van der Waals surface area contributed by atoms with Crippen molar-refractivity contribution < 1.29 is 23.9 Å². The highest BCUT2D eigenvalue weighted by Gasteiger charge is 2.37. The van der Waals surface area contributed by atoms with E-state index in [2.05, 4.69) is 4.74 Å². The molecular weight excluding hydrogens is 226 g/mol. The Hall–Kier alpha value is -1.72. The van der Waals surface area contributed by atoms with E-state index in [1.807, 2.05) is 0 Å². The van der Waals surface area contributed by atoms with Crippen molar-refractivity contribution in [3.63, 3.8) is 0 Å². The van der Waals surface area contributed by atoms with Crippen LogP contribution in [0, 0.1) is 5.92 Å². The molecule has 1 saturated heterocycles. The van der Waals surface area contributed by atoms with Gasteiger partial charge in [-0.25, -0.2) is 4.79 Å². The van der Waals surface area contributed by atoms with Gasteiger partial charge < -0.3 is 9.64 Å². The number of nitrogens with zero attached hydrogens (tertiary/aromatic N) is 1. The van der Waals surface area contributed by atoms with Crippen LogP contribution in [-0.4, -0.2) is 48.0 Å². The summed E-state index contributed by atoms with van der Waals surface area (Å²) in [4.78, 5) is 47.0. The van der Waals surface area contributed by atoms with Gasteiger partial charge in [-0.15, -0.1) is 0 Å². The SMILES string of the molecule is CCOC(=O)C(=O)C1CN(C(C)=O)CCC1=O. The molecule has 1 aliphatic rings. The molecule has 0 aliphatic carbocycles. The molecule has 94 valence electrons. The third-order valence-electron chi connectivity index (χ3n) is 2.66. The fourth-order valence-electron chi connectivity index (χ4n) is 1.69. The second-order valence-corrected chi connectivity index (χ2v) is 3.82. The van der Waals surface area contributed by atoms with Gasteiger partial charge in [-0.3, -0.25) is 14.4 Å². The molecule has 0 radical (unpaired) electrons. The van der Waals surface area contributed by atoms with E-state index in [1.54, 1.807) is 6.92 Å². The Morgan fingerprint density at radius 1 is 1.41 bits per heavy atom. The van der Waals surface area contributed by atoms with E-state index in [1.165, 1.54) is 11.8 Å². The predicted octanol–water partition coefficient (Wildman–Crippen LogP) is -0.444. The van der Waals surface area contributed by atoms with Gasteiger partial charge in [0, 0.05) is 26.4 Å². The van der Waals surface area contributed by atoms with Crippen LogP contribution in [0.4, 0.5) is 0 Å². The van der Waals surface area contributed by atoms with Crippen molar-refractivity contribution in [3.05, 3.63) is 0 Å². The first-order chi connectivity index (χ1) is 7.97. The Bertz CT molecular complexity index is 363. The van der Waals surface area contributed by atoms with Crippen molar-refractivity contribution in [3.8, 4) is 0 Å². The van der Waals surface area contributed by atoms with Crippen LogP contribution in [0.3, 0.4) is 0 Å². The summed E-state index contributed by atoms with van der Waals surface area (Å²) in [5.41, 5.74) is 0. The molecule has 1 rings (SSSR count). The lowest BCUT2D eigenvalue weighted by molar-refractivity contribution is -0.158. The normalized spacial score (nSPS) is 20.0. The molecule has 6 heteroatoms. The monoisotopic (exact) mass is 241 g/mol. The van der Waals surface area contributed by atoms with E-state index < -0.39 is 17.7 Å². The lowest BCUT2D eigenvalue weighted by Gasteiger charge is -2.29. The third kappa shape index (κ3) is 3.12. The van der Waals surface area contributed by atoms with Crippen LogP contribution in [0.2, 0.25) is 0 Å². The predicted molar refractivity (Wildman–Crippen MR) is 57.0 cm³/mol. The second kappa shape index (κ2) is 5.56. The molecule has 1 fully saturated rings. The fourth-order valence-corrected chi connectivity index (χ4v) is 1.69. The number of piperidine rings is 1. The average Bonchev–Trinajstić information content (AvgIpc) is 2.28. The smallest absolute Gasteiger partial charge is 0.375 e. The Kier molecular flexibility index (Phi) is 4.37. The van der Waals surface area contributed by atoms with Crippen molar-refractivity contribution in [2.75, 3.05) is 19.7 Å². The highest BCUT2D eigenvalue weighted by molar-refractivity contribution is 6.38. The molecule has 1 heterocycles. The molecule has 0 N–H and O–H groups in total. The van der Waals surface area contributed by atoms with Gasteiger partial charge in [0.2, 0.25) is 5.91 Å². The zero-order valence-electron chi connectivity index (χ0n) is 9.89. The second-order valence-electron chi connectivity index (χ2n) is 3.82. The van der Waals surface area contributed by atoms with Crippen LogP contribution in [0.5, 0.6) is 0 Å². The highest BCUT2D eigenvalue weighted by Crippen LogP contribution is 2.15. The summed E-state index contributed by atoms with van der Waals surface area (Å²) in [6.45, 7) is 3.31. The van der Waals surface area contributed by atoms with Gasteiger partial charge in [0.1, 0.15) is 11.7 Å². The van der Waals surface area contributed by atoms with Gasteiger partial charge >= 0.3 is 5.97 Å². The third-order valence-corrected chi connectivity index (χ3v) is 2.66. The molecular formula is C11H15NO5. The van der Waals surface area contributed by atoms with Gasteiger partial charge in [0.25, 0.3) is 5.78 Å². The summed E-state index contributed by atoms with van der Waals surface area (Å²) in [6.07, 6.45) is 0.107. The number of hydrogen-bond acceptors (Lipinski definition) is 5. The van der Waals surface area contributed by atoms with Gasteiger partial charge in [0.05, 0.1) is 6.61 Å². The van der Waals surface area contributed by atoms with E-state index in [4.69, 9.17) is 0 Å². The number of rotatable bonds is 3. The van der Waals surface area contributed by atoms with E-state index in [9.17, 15) is 19.2 Å². The number of Topliss-reactive ketones (excluding diaryl/α,β-unsaturated/α-hetero) is 2. The van der Waals surface area contributed by atoms with E-state index in [-0.39, 0.29) is 31.3 Å². The van der Waals surface area contributed by atoms with Crippen molar-refractivity contribution in [2.45, 2.75) is 20.3 Å². The first-order valence-electron chi connectivity index (χ1n) is 5.46. The van der Waals surface area contributed by atoms with E-state index >= 15 is 0 Å². The Labute approximate surface area is 98.9 Å². The maximum absolute atomic E-state index is 11.6.